The van der Waals surface area contributed by atoms with Crippen molar-refractivity contribution >= 4 is 11.8 Å². The standard InChI is InChI=1S/C17H29N3O3/c1-5-15(21)19(6-2)12-16(22)20-11-14(18(3)4)17(13-20)7-9-23-10-8-17/h5,14H,1,6-13H2,2-4H3. The van der Waals surface area contributed by atoms with Gasteiger partial charge in [-0.05, 0) is 39.9 Å². The van der Waals surface area contributed by atoms with Crippen LogP contribution in [0.15, 0.2) is 12.7 Å². The lowest BCUT2D eigenvalue weighted by Crippen LogP contribution is -2.46. The fourth-order valence-electron chi connectivity index (χ4n) is 3.86. The molecule has 0 aliphatic carbocycles. The Hall–Kier alpha value is -1.40. The van der Waals surface area contributed by atoms with E-state index in [0.717, 1.165) is 39.1 Å². The number of carbonyl (C=O) groups excluding carboxylic acids is 2. The highest BCUT2D eigenvalue weighted by Gasteiger charge is 2.49. The van der Waals surface area contributed by atoms with Crippen molar-refractivity contribution in [2.45, 2.75) is 25.8 Å². The largest absolute Gasteiger partial charge is 0.381 e. The maximum Gasteiger partial charge on any atom is 0.246 e. The van der Waals surface area contributed by atoms with E-state index in [0.29, 0.717) is 12.6 Å². The molecule has 130 valence electrons. The van der Waals surface area contributed by atoms with E-state index in [2.05, 4.69) is 25.6 Å². The van der Waals surface area contributed by atoms with E-state index in [4.69, 9.17) is 4.74 Å². The van der Waals surface area contributed by atoms with Crippen LogP contribution in [-0.2, 0) is 14.3 Å². The van der Waals surface area contributed by atoms with Crippen LogP contribution in [0, 0.1) is 5.41 Å². The molecule has 0 saturated carbocycles. The number of hydrogen-bond acceptors (Lipinski definition) is 4. The number of amides is 2. The summed E-state index contributed by atoms with van der Waals surface area (Å²) in [5, 5.41) is 0. The van der Waals surface area contributed by atoms with Crippen LogP contribution in [-0.4, -0.2) is 86.0 Å². The van der Waals surface area contributed by atoms with E-state index in [1.54, 1.807) is 0 Å². The predicted octanol–water partition coefficient (Wildman–Crippen LogP) is 0.590. The highest BCUT2D eigenvalue weighted by molar-refractivity contribution is 5.91. The third-order valence-electron chi connectivity index (χ3n) is 5.26. The third-order valence-corrected chi connectivity index (χ3v) is 5.26. The Bertz CT molecular complexity index is 458. The second-order valence-electron chi connectivity index (χ2n) is 6.78. The summed E-state index contributed by atoms with van der Waals surface area (Å²) < 4.78 is 5.52. The van der Waals surface area contributed by atoms with Gasteiger partial charge in [-0.1, -0.05) is 6.58 Å². The van der Waals surface area contributed by atoms with Gasteiger partial charge in [0.2, 0.25) is 11.8 Å². The zero-order valence-electron chi connectivity index (χ0n) is 14.6. The van der Waals surface area contributed by atoms with E-state index in [1.807, 2.05) is 11.8 Å². The molecule has 0 aromatic rings. The summed E-state index contributed by atoms with van der Waals surface area (Å²) >= 11 is 0. The molecule has 2 rings (SSSR count). The van der Waals surface area contributed by atoms with Crippen molar-refractivity contribution < 1.29 is 14.3 Å². The summed E-state index contributed by atoms with van der Waals surface area (Å²) in [6.07, 6.45) is 3.24. The SMILES string of the molecule is C=CC(=O)N(CC)CC(=O)N1CC(N(C)C)C2(CCOCC2)C1. The van der Waals surface area contributed by atoms with Crippen LogP contribution >= 0.6 is 0 Å². The maximum absolute atomic E-state index is 12.7. The number of hydrogen-bond donors (Lipinski definition) is 0. The van der Waals surface area contributed by atoms with Crippen LogP contribution in [0.2, 0.25) is 0 Å². The molecule has 2 amide bonds. The second-order valence-corrected chi connectivity index (χ2v) is 6.78. The lowest BCUT2D eigenvalue weighted by Gasteiger charge is -2.40. The number of nitrogens with zero attached hydrogens (tertiary/aromatic N) is 3. The van der Waals surface area contributed by atoms with Crippen molar-refractivity contribution in [1.29, 1.82) is 0 Å². The second kappa shape index (κ2) is 7.45. The van der Waals surface area contributed by atoms with Gasteiger partial charge in [-0.3, -0.25) is 9.59 Å². The summed E-state index contributed by atoms with van der Waals surface area (Å²) in [6.45, 7) is 9.05. The van der Waals surface area contributed by atoms with Crippen molar-refractivity contribution in [2.24, 2.45) is 5.41 Å². The number of carbonyl (C=O) groups is 2. The molecule has 0 aromatic carbocycles. The van der Waals surface area contributed by atoms with Crippen LogP contribution < -0.4 is 0 Å². The van der Waals surface area contributed by atoms with Crippen LogP contribution in [0.25, 0.3) is 0 Å². The van der Waals surface area contributed by atoms with Gasteiger partial charge in [0, 0.05) is 44.3 Å². The average molecular weight is 323 g/mol. The van der Waals surface area contributed by atoms with Crippen molar-refractivity contribution in [3.8, 4) is 0 Å². The van der Waals surface area contributed by atoms with Crippen LogP contribution in [0.1, 0.15) is 19.8 Å². The third kappa shape index (κ3) is 3.75. The lowest BCUT2D eigenvalue weighted by molar-refractivity contribution is -0.137. The Morgan fingerprint density at radius 1 is 1.35 bits per heavy atom. The fourth-order valence-corrected chi connectivity index (χ4v) is 3.86. The van der Waals surface area contributed by atoms with Gasteiger partial charge in [-0.25, -0.2) is 0 Å². The maximum atomic E-state index is 12.7. The molecule has 0 N–H and O–H groups in total. The molecule has 0 bridgehead atoms. The summed E-state index contributed by atoms with van der Waals surface area (Å²) in [5.41, 5.74) is 0.122. The van der Waals surface area contributed by atoms with Gasteiger partial charge in [0.05, 0.1) is 6.54 Å². The molecule has 1 spiro atoms. The predicted molar refractivity (Wildman–Crippen MR) is 89.0 cm³/mol. The van der Waals surface area contributed by atoms with Crippen molar-refractivity contribution in [1.82, 2.24) is 14.7 Å². The minimum atomic E-state index is -0.190. The number of ether oxygens (including phenoxy) is 1. The van der Waals surface area contributed by atoms with Gasteiger partial charge in [0.25, 0.3) is 0 Å². The van der Waals surface area contributed by atoms with E-state index in [1.165, 1.54) is 11.0 Å². The fraction of sp³-hybridized carbons (Fsp3) is 0.765. The molecule has 1 unspecified atom stereocenters. The quantitative estimate of drug-likeness (QED) is 0.695. The smallest absolute Gasteiger partial charge is 0.246 e. The molecular weight excluding hydrogens is 294 g/mol. The molecule has 1 atom stereocenters. The van der Waals surface area contributed by atoms with Crippen LogP contribution in [0.4, 0.5) is 0 Å². The van der Waals surface area contributed by atoms with Gasteiger partial charge < -0.3 is 19.4 Å². The molecule has 2 saturated heterocycles. The molecule has 0 aromatic heterocycles. The minimum Gasteiger partial charge on any atom is -0.381 e. The molecular formula is C17H29N3O3. The summed E-state index contributed by atoms with van der Waals surface area (Å²) in [6, 6.07) is 0.348. The molecule has 23 heavy (non-hydrogen) atoms. The Morgan fingerprint density at radius 2 is 2.00 bits per heavy atom. The molecule has 2 fully saturated rings. The Kier molecular flexibility index (Phi) is 5.81. The van der Waals surface area contributed by atoms with Gasteiger partial charge in [0.15, 0.2) is 0 Å². The first kappa shape index (κ1) is 17.9. The summed E-state index contributed by atoms with van der Waals surface area (Å²) in [5.74, 6) is -0.165. The summed E-state index contributed by atoms with van der Waals surface area (Å²) in [7, 11) is 4.16. The molecule has 0 radical (unpaired) electrons. The van der Waals surface area contributed by atoms with Gasteiger partial charge in [-0.15, -0.1) is 0 Å². The highest BCUT2D eigenvalue weighted by Crippen LogP contribution is 2.41. The van der Waals surface area contributed by atoms with Gasteiger partial charge >= 0.3 is 0 Å². The average Bonchev–Trinajstić information content (AvgIpc) is 2.91. The van der Waals surface area contributed by atoms with Crippen molar-refractivity contribution in [2.75, 3.05) is 53.5 Å². The zero-order valence-corrected chi connectivity index (χ0v) is 14.6. The van der Waals surface area contributed by atoms with Gasteiger partial charge in [0.1, 0.15) is 0 Å². The Labute approximate surface area is 139 Å². The minimum absolute atomic E-state index is 0.0252. The zero-order chi connectivity index (χ0) is 17.0. The Balaban J connectivity index is 2.07. The van der Waals surface area contributed by atoms with E-state index in [-0.39, 0.29) is 23.8 Å². The normalized spacial score (nSPS) is 23.3. The first-order valence-electron chi connectivity index (χ1n) is 8.37. The molecule has 2 aliphatic heterocycles. The van der Waals surface area contributed by atoms with E-state index in [9.17, 15) is 9.59 Å². The summed E-state index contributed by atoms with van der Waals surface area (Å²) in [4.78, 5) is 30.1. The Morgan fingerprint density at radius 3 is 2.52 bits per heavy atom. The molecule has 6 nitrogen and oxygen atoms in total. The van der Waals surface area contributed by atoms with Crippen molar-refractivity contribution in [3.63, 3.8) is 0 Å². The number of likely N-dealkylation sites (N-methyl/N-ethyl adjacent to an activating group) is 2. The van der Waals surface area contributed by atoms with E-state index < -0.39 is 0 Å². The highest BCUT2D eigenvalue weighted by atomic mass is 16.5. The van der Waals surface area contributed by atoms with E-state index >= 15 is 0 Å². The number of rotatable bonds is 5. The molecule has 2 aliphatic rings. The first-order valence-corrected chi connectivity index (χ1v) is 8.37. The topological polar surface area (TPSA) is 53.1 Å². The van der Waals surface area contributed by atoms with Gasteiger partial charge in [-0.2, -0.15) is 0 Å². The number of likely N-dealkylation sites (tertiary alicyclic amines) is 1. The van der Waals surface area contributed by atoms with Crippen molar-refractivity contribution in [3.05, 3.63) is 12.7 Å². The monoisotopic (exact) mass is 323 g/mol. The molecule has 2 heterocycles. The lowest BCUT2D eigenvalue weighted by atomic mass is 9.75. The molecule has 6 heteroatoms. The first-order chi connectivity index (χ1) is 10.9. The van der Waals surface area contributed by atoms with Crippen LogP contribution in [0.5, 0.6) is 0 Å². The van der Waals surface area contributed by atoms with Crippen LogP contribution in [0.3, 0.4) is 0 Å².